The van der Waals surface area contributed by atoms with Crippen LogP contribution in [0.2, 0.25) is 0 Å². The van der Waals surface area contributed by atoms with Crippen molar-refractivity contribution in [2.75, 3.05) is 0 Å². The zero-order valence-electron chi connectivity index (χ0n) is 8.64. The van der Waals surface area contributed by atoms with E-state index in [1.165, 1.54) is 6.08 Å². The monoisotopic (exact) mass is 215 g/mol. The molecule has 4 nitrogen and oxygen atoms in total. The third kappa shape index (κ3) is 1.27. The molecular weight excluding hydrogens is 206 g/mol. The molecule has 0 N–H and O–H groups in total. The van der Waals surface area contributed by atoms with Gasteiger partial charge in [-0.3, -0.25) is 14.4 Å². The van der Waals surface area contributed by atoms with E-state index in [-0.39, 0.29) is 5.70 Å². The van der Waals surface area contributed by atoms with Crippen LogP contribution in [0.5, 0.6) is 0 Å². The van der Waals surface area contributed by atoms with E-state index >= 15 is 0 Å². The summed E-state index contributed by atoms with van der Waals surface area (Å²) in [5, 5.41) is 0. The number of nitrogens with zero attached hydrogens (tertiary/aromatic N) is 1. The van der Waals surface area contributed by atoms with Gasteiger partial charge in [0, 0.05) is 0 Å². The number of amides is 2. The molecule has 2 rings (SSSR count). The lowest BCUT2D eigenvalue weighted by Gasteiger charge is -2.11. The van der Waals surface area contributed by atoms with Gasteiger partial charge in [0.25, 0.3) is 11.8 Å². The SMILES string of the molecule is C/C=C(/C=O)N1C(=O)c2ccccc2C1=O. The van der Waals surface area contributed by atoms with Crippen molar-refractivity contribution in [3.8, 4) is 0 Å². The molecule has 1 aliphatic heterocycles. The summed E-state index contributed by atoms with van der Waals surface area (Å²) >= 11 is 0. The van der Waals surface area contributed by atoms with Crippen molar-refractivity contribution >= 4 is 18.1 Å². The summed E-state index contributed by atoms with van der Waals surface area (Å²) in [6.45, 7) is 1.60. The summed E-state index contributed by atoms with van der Waals surface area (Å²) in [6.07, 6.45) is 1.94. The van der Waals surface area contributed by atoms with Crippen LogP contribution in [-0.4, -0.2) is 23.0 Å². The number of aldehydes is 1. The molecule has 4 heteroatoms. The molecule has 0 saturated heterocycles. The molecular formula is C12H9NO3. The Morgan fingerprint density at radius 1 is 1.12 bits per heavy atom. The van der Waals surface area contributed by atoms with E-state index in [2.05, 4.69) is 0 Å². The Morgan fingerprint density at radius 3 is 2.00 bits per heavy atom. The minimum Gasteiger partial charge on any atom is -0.296 e. The summed E-state index contributed by atoms with van der Waals surface area (Å²) in [4.78, 5) is 35.4. The molecule has 0 aliphatic carbocycles. The minimum absolute atomic E-state index is 0.0752. The van der Waals surface area contributed by atoms with E-state index in [0.717, 1.165) is 4.90 Å². The maximum absolute atomic E-state index is 11.9. The number of fused-ring (bicyclic) bond motifs is 1. The smallest absolute Gasteiger partial charge is 0.266 e. The molecule has 1 heterocycles. The third-order valence-electron chi connectivity index (χ3n) is 2.47. The first kappa shape index (κ1) is 10.3. The van der Waals surface area contributed by atoms with Crippen molar-refractivity contribution in [1.82, 2.24) is 4.90 Å². The second-order valence-corrected chi connectivity index (χ2v) is 3.32. The van der Waals surface area contributed by atoms with E-state index in [9.17, 15) is 14.4 Å². The lowest BCUT2D eigenvalue weighted by atomic mass is 10.1. The fraction of sp³-hybridized carbons (Fsp3) is 0.0833. The molecule has 0 spiro atoms. The summed E-state index contributed by atoms with van der Waals surface area (Å²) in [5.74, 6) is -0.887. The first-order valence-corrected chi connectivity index (χ1v) is 4.80. The largest absolute Gasteiger partial charge is 0.296 e. The van der Waals surface area contributed by atoms with Crippen molar-refractivity contribution in [1.29, 1.82) is 0 Å². The second-order valence-electron chi connectivity index (χ2n) is 3.32. The Balaban J connectivity index is 2.54. The van der Waals surface area contributed by atoms with Crippen LogP contribution in [0.1, 0.15) is 27.6 Å². The topological polar surface area (TPSA) is 54.5 Å². The molecule has 1 aromatic rings. The summed E-state index contributed by atoms with van der Waals surface area (Å²) < 4.78 is 0. The van der Waals surface area contributed by atoms with Crippen LogP contribution in [0.3, 0.4) is 0 Å². The van der Waals surface area contributed by atoms with Crippen LogP contribution in [0.15, 0.2) is 36.0 Å². The van der Waals surface area contributed by atoms with Crippen molar-refractivity contribution < 1.29 is 14.4 Å². The number of hydrogen-bond acceptors (Lipinski definition) is 3. The molecule has 0 aromatic heterocycles. The van der Waals surface area contributed by atoms with Gasteiger partial charge in [-0.1, -0.05) is 18.2 Å². The van der Waals surface area contributed by atoms with E-state index in [1.807, 2.05) is 0 Å². The van der Waals surface area contributed by atoms with Crippen LogP contribution < -0.4 is 0 Å². The molecule has 0 saturated carbocycles. The van der Waals surface area contributed by atoms with Crippen LogP contribution in [0, 0.1) is 0 Å². The average molecular weight is 215 g/mol. The number of carbonyl (C=O) groups excluding carboxylic acids is 3. The average Bonchev–Trinajstić information content (AvgIpc) is 2.57. The van der Waals surface area contributed by atoms with Gasteiger partial charge in [0.2, 0.25) is 0 Å². The number of allylic oxidation sites excluding steroid dienone is 2. The molecule has 0 radical (unpaired) electrons. The Morgan fingerprint density at radius 2 is 1.62 bits per heavy atom. The van der Waals surface area contributed by atoms with Crippen LogP contribution in [0.4, 0.5) is 0 Å². The van der Waals surface area contributed by atoms with Gasteiger partial charge >= 0.3 is 0 Å². The van der Waals surface area contributed by atoms with Crippen LogP contribution in [-0.2, 0) is 4.79 Å². The molecule has 0 fully saturated rings. The van der Waals surface area contributed by atoms with E-state index < -0.39 is 11.8 Å². The molecule has 0 bridgehead atoms. The quantitative estimate of drug-likeness (QED) is 0.425. The highest BCUT2D eigenvalue weighted by atomic mass is 16.2. The first-order valence-electron chi connectivity index (χ1n) is 4.80. The van der Waals surface area contributed by atoms with Crippen molar-refractivity contribution in [3.05, 3.63) is 47.2 Å². The molecule has 0 atom stereocenters. The Hall–Kier alpha value is -2.23. The van der Waals surface area contributed by atoms with Gasteiger partial charge in [-0.2, -0.15) is 0 Å². The van der Waals surface area contributed by atoms with Gasteiger partial charge in [0.05, 0.1) is 16.8 Å². The van der Waals surface area contributed by atoms with Crippen molar-refractivity contribution in [2.24, 2.45) is 0 Å². The van der Waals surface area contributed by atoms with Gasteiger partial charge in [-0.05, 0) is 19.1 Å². The molecule has 0 unspecified atom stereocenters. The lowest BCUT2D eigenvalue weighted by Crippen LogP contribution is -2.29. The maximum Gasteiger partial charge on any atom is 0.266 e. The van der Waals surface area contributed by atoms with E-state index in [1.54, 1.807) is 31.2 Å². The molecule has 80 valence electrons. The lowest BCUT2D eigenvalue weighted by molar-refractivity contribution is -0.105. The molecule has 1 aromatic carbocycles. The third-order valence-corrected chi connectivity index (χ3v) is 2.47. The summed E-state index contributed by atoms with van der Waals surface area (Å²) in [7, 11) is 0. The van der Waals surface area contributed by atoms with Crippen LogP contribution in [0.25, 0.3) is 0 Å². The number of carbonyl (C=O) groups is 3. The fourth-order valence-corrected chi connectivity index (χ4v) is 1.67. The molecule has 1 aliphatic rings. The standard InChI is InChI=1S/C12H9NO3/c1-2-8(7-14)13-11(15)9-5-3-4-6-10(9)12(13)16/h2-7H,1H3/b8-2-. The minimum atomic E-state index is -0.444. The number of imide groups is 1. The van der Waals surface area contributed by atoms with Gasteiger partial charge in [-0.15, -0.1) is 0 Å². The zero-order chi connectivity index (χ0) is 11.7. The summed E-state index contributed by atoms with van der Waals surface area (Å²) in [6, 6.07) is 6.52. The summed E-state index contributed by atoms with van der Waals surface area (Å²) in [5.41, 5.74) is 0.758. The second kappa shape index (κ2) is 3.73. The van der Waals surface area contributed by atoms with E-state index in [4.69, 9.17) is 0 Å². The highest BCUT2D eigenvalue weighted by molar-refractivity contribution is 6.23. The highest BCUT2D eigenvalue weighted by Crippen LogP contribution is 2.24. The molecule has 16 heavy (non-hydrogen) atoms. The Bertz CT molecular complexity index is 482. The first-order chi connectivity index (χ1) is 7.70. The van der Waals surface area contributed by atoms with Crippen molar-refractivity contribution in [2.45, 2.75) is 6.92 Å². The Labute approximate surface area is 92.2 Å². The predicted octanol–water partition coefficient (Wildman–Crippen LogP) is 1.39. The normalized spacial score (nSPS) is 15.3. The maximum atomic E-state index is 11.9. The zero-order valence-corrected chi connectivity index (χ0v) is 8.64. The van der Waals surface area contributed by atoms with Gasteiger partial charge in [-0.25, -0.2) is 4.90 Å². The highest BCUT2D eigenvalue weighted by Gasteiger charge is 2.36. The number of benzene rings is 1. The van der Waals surface area contributed by atoms with Gasteiger partial charge in [0.15, 0.2) is 6.29 Å². The molecule has 2 amide bonds. The number of hydrogen-bond donors (Lipinski definition) is 0. The van der Waals surface area contributed by atoms with Crippen LogP contribution >= 0.6 is 0 Å². The Kier molecular flexibility index (Phi) is 2.40. The number of rotatable bonds is 2. The van der Waals surface area contributed by atoms with Gasteiger partial charge < -0.3 is 0 Å². The van der Waals surface area contributed by atoms with Crippen molar-refractivity contribution in [3.63, 3.8) is 0 Å². The fourth-order valence-electron chi connectivity index (χ4n) is 1.67. The van der Waals surface area contributed by atoms with E-state index in [0.29, 0.717) is 17.4 Å². The van der Waals surface area contributed by atoms with Gasteiger partial charge in [0.1, 0.15) is 0 Å². The predicted molar refractivity (Wildman–Crippen MR) is 56.8 cm³/mol.